The van der Waals surface area contributed by atoms with Crippen LogP contribution in [0, 0.1) is 12.8 Å². The van der Waals surface area contributed by atoms with Crippen molar-refractivity contribution >= 4 is 0 Å². The molecule has 0 heterocycles. The molecule has 3 N–H and O–H groups in total. The molecule has 1 atom stereocenters. The van der Waals surface area contributed by atoms with Crippen molar-refractivity contribution in [3.63, 3.8) is 0 Å². The van der Waals surface area contributed by atoms with E-state index in [0.717, 1.165) is 25.4 Å². The summed E-state index contributed by atoms with van der Waals surface area (Å²) < 4.78 is 5.31. The Balaban J connectivity index is 2.68. The van der Waals surface area contributed by atoms with Gasteiger partial charge in [-0.15, -0.1) is 0 Å². The standard InChI is InChI=1S/C16H28N2O/c1-12(9-17)10-18-11-16(3,4)14-6-7-15(19-5)13(2)8-14/h6-8,12,18H,9-11,17H2,1-5H3. The zero-order valence-electron chi connectivity index (χ0n) is 12.9. The fourth-order valence-corrected chi connectivity index (χ4v) is 2.12. The summed E-state index contributed by atoms with van der Waals surface area (Å²) in [6.07, 6.45) is 0. The molecule has 0 bridgehead atoms. The normalized spacial score (nSPS) is 13.4. The molecule has 0 aliphatic carbocycles. The first kappa shape index (κ1) is 16.0. The summed E-state index contributed by atoms with van der Waals surface area (Å²) in [6.45, 7) is 11.4. The Labute approximate surface area is 117 Å². The zero-order valence-corrected chi connectivity index (χ0v) is 12.9. The van der Waals surface area contributed by atoms with Crippen LogP contribution in [0.5, 0.6) is 5.75 Å². The average Bonchev–Trinajstić information content (AvgIpc) is 2.38. The molecule has 0 spiro atoms. The molecule has 0 aliphatic rings. The summed E-state index contributed by atoms with van der Waals surface area (Å²) >= 11 is 0. The number of methoxy groups -OCH3 is 1. The predicted molar refractivity (Wildman–Crippen MR) is 81.8 cm³/mol. The van der Waals surface area contributed by atoms with Gasteiger partial charge in [-0.25, -0.2) is 0 Å². The van der Waals surface area contributed by atoms with E-state index in [9.17, 15) is 0 Å². The van der Waals surface area contributed by atoms with Crippen molar-refractivity contribution in [2.75, 3.05) is 26.7 Å². The van der Waals surface area contributed by atoms with Crippen LogP contribution < -0.4 is 15.8 Å². The molecule has 0 saturated heterocycles. The van der Waals surface area contributed by atoms with Gasteiger partial charge in [0.2, 0.25) is 0 Å². The van der Waals surface area contributed by atoms with E-state index in [1.54, 1.807) is 7.11 Å². The van der Waals surface area contributed by atoms with Crippen LogP contribution in [0.15, 0.2) is 18.2 Å². The van der Waals surface area contributed by atoms with E-state index in [-0.39, 0.29) is 5.41 Å². The number of nitrogens with one attached hydrogen (secondary N) is 1. The number of aryl methyl sites for hydroxylation is 1. The highest BCUT2D eigenvalue weighted by Gasteiger charge is 2.21. The molecule has 3 heteroatoms. The van der Waals surface area contributed by atoms with E-state index >= 15 is 0 Å². The summed E-state index contributed by atoms with van der Waals surface area (Å²) in [5.41, 5.74) is 8.25. The number of hydrogen-bond donors (Lipinski definition) is 2. The van der Waals surface area contributed by atoms with Crippen LogP contribution in [0.25, 0.3) is 0 Å². The topological polar surface area (TPSA) is 47.3 Å². The van der Waals surface area contributed by atoms with Gasteiger partial charge in [0, 0.05) is 12.0 Å². The molecule has 3 nitrogen and oxygen atoms in total. The van der Waals surface area contributed by atoms with Crippen LogP contribution in [0.4, 0.5) is 0 Å². The van der Waals surface area contributed by atoms with Crippen LogP contribution in [-0.4, -0.2) is 26.7 Å². The molecular weight excluding hydrogens is 236 g/mol. The van der Waals surface area contributed by atoms with E-state index in [1.165, 1.54) is 11.1 Å². The van der Waals surface area contributed by atoms with Crippen LogP contribution in [0.2, 0.25) is 0 Å². The quantitative estimate of drug-likeness (QED) is 0.795. The Morgan fingerprint density at radius 1 is 1.37 bits per heavy atom. The van der Waals surface area contributed by atoms with E-state index in [1.807, 2.05) is 0 Å². The third kappa shape index (κ3) is 4.51. The van der Waals surface area contributed by atoms with E-state index in [4.69, 9.17) is 10.5 Å². The highest BCUT2D eigenvalue weighted by molar-refractivity contribution is 5.39. The lowest BCUT2D eigenvalue weighted by molar-refractivity contribution is 0.409. The Bertz CT molecular complexity index is 402. The van der Waals surface area contributed by atoms with Gasteiger partial charge in [0.1, 0.15) is 5.75 Å². The predicted octanol–water partition coefficient (Wildman–Crippen LogP) is 2.47. The van der Waals surface area contributed by atoms with Crippen molar-refractivity contribution in [3.8, 4) is 5.75 Å². The first-order chi connectivity index (χ1) is 8.90. The maximum Gasteiger partial charge on any atom is 0.121 e. The van der Waals surface area contributed by atoms with Gasteiger partial charge in [-0.1, -0.05) is 32.9 Å². The van der Waals surface area contributed by atoms with Crippen molar-refractivity contribution in [1.29, 1.82) is 0 Å². The zero-order chi connectivity index (χ0) is 14.5. The molecule has 108 valence electrons. The fraction of sp³-hybridized carbons (Fsp3) is 0.625. The largest absolute Gasteiger partial charge is 0.496 e. The number of rotatable bonds is 7. The molecule has 0 radical (unpaired) electrons. The number of nitrogens with two attached hydrogens (primary N) is 1. The Hall–Kier alpha value is -1.06. The van der Waals surface area contributed by atoms with Gasteiger partial charge in [-0.2, -0.15) is 0 Å². The minimum atomic E-state index is 0.103. The Kier molecular flexibility index (Phi) is 5.83. The molecule has 19 heavy (non-hydrogen) atoms. The maximum absolute atomic E-state index is 5.63. The minimum absolute atomic E-state index is 0.103. The van der Waals surface area contributed by atoms with Gasteiger partial charge in [-0.05, 0) is 43.1 Å². The van der Waals surface area contributed by atoms with Crippen LogP contribution in [0.3, 0.4) is 0 Å². The van der Waals surface area contributed by atoms with Gasteiger partial charge in [0.25, 0.3) is 0 Å². The SMILES string of the molecule is COc1ccc(C(C)(C)CNCC(C)CN)cc1C. The first-order valence-corrected chi connectivity index (χ1v) is 6.96. The van der Waals surface area contributed by atoms with Crippen molar-refractivity contribution in [3.05, 3.63) is 29.3 Å². The second-order valence-corrected chi connectivity index (χ2v) is 6.04. The third-order valence-corrected chi connectivity index (χ3v) is 3.64. The van der Waals surface area contributed by atoms with Crippen molar-refractivity contribution in [2.24, 2.45) is 11.7 Å². The molecule has 0 saturated carbocycles. The molecule has 1 aromatic rings. The highest BCUT2D eigenvalue weighted by Crippen LogP contribution is 2.27. The highest BCUT2D eigenvalue weighted by atomic mass is 16.5. The maximum atomic E-state index is 5.63. The number of ether oxygens (including phenoxy) is 1. The molecule has 0 aliphatic heterocycles. The Morgan fingerprint density at radius 2 is 2.05 bits per heavy atom. The number of hydrogen-bond acceptors (Lipinski definition) is 3. The lowest BCUT2D eigenvalue weighted by Gasteiger charge is -2.27. The molecule has 1 rings (SSSR count). The summed E-state index contributed by atoms with van der Waals surface area (Å²) in [5, 5.41) is 3.51. The van der Waals surface area contributed by atoms with Gasteiger partial charge >= 0.3 is 0 Å². The van der Waals surface area contributed by atoms with Crippen molar-refractivity contribution in [2.45, 2.75) is 33.1 Å². The Morgan fingerprint density at radius 3 is 2.58 bits per heavy atom. The average molecular weight is 264 g/mol. The summed E-state index contributed by atoms with van der Waals surface area (Å²) in [5.74, 6) is 1.47. The number of benzene rings is 1. The van der Waals surface area contributed by atoms with E-state index in [0.29, 0.717) is 5.92 Å². The summed E-state index contributed by atoms with van der Waals surface area (Å²) in [6, 6.07) is 6.42. The van der Waals surface area contributed by atoms with Gasteiger partial charge in [0.05, 0.1) is 7.11 Å². The lowest BCUT2D eigenvalue weighted by Crippen LogP contribution is -2.36. The van der Waals surface area contributed by atoms with Crippen molar-refractivity contribution < 1.29 is 4.74 Å². The second-order valence-electron chi connectivity index (χ2n) is 6.04. The van der Waals surface area contributed by atoms with Gasteiger partial charge in [-0.3, -0.25) is 0 Å². The van der Waals surface area contributed by atoms with Gasteiger partial charge in [0.15, 0.2) is 0 Å². The van der Waals surface area contributed by atoms with E-state index < -0.39 is 0 Å². The van der Waals surface area contributed by atoms with E-state index in [2.05, 4.69) is 51.2 Å². The third-order valence-electron chi connectivity index (χ3n) is 3.64. The lowest BCUT2D eigenvalue weighted by atomic mass is 9.83. The monoisotopic (exact) mass is 264 g/mol. The first-order valence-electron chi connectivity index (χ1n) is 6.96. The molecule has 1 unspecified atom stereocenters. The van der Waals surface area contributed by atoms with Gasteiger partial charge < -0.3 is 15.8 Å². The molecular formula is C16H28N2O. The second kappa shape index (κ2) is 6.92. The van der Waals surface area contributed by atoms with Crippen LogP contribution in [0.1, 0.15) is 31.9 Å². The molecule has 0 aromatic heterocycles. The van der Waals surface area contributed by atoms with Crippen molar-refractivity contribution in [1.82, 2.24) is 5.32 Å². The fourth-order valence-electron chi connectivity index (χ4n) is 2.12. The minimum Gasteiger partial charge on any atom is -0.496 e. The summed E-state index contributed by atoms with van der Waals surface area (Å²) in [7, 11) is 1.71. The van der Waals surface area contributed by atoms with Crippen LogP contribution in [-0.2, 0) is 5.41 Å². The van der Waals surface area contributed by atoms with Crippen LogP contribution >= 0.6 is 0 Å². The molecule has 0 fully saturated rings. The summed E-state index contributed by atoms with van der Waals surface area (Å²) in [4.78, 5) is 0. The smallest absolute Gasteiger partial charge is 0.121 e. The molecule has 0 amide bonds. The molecule has 1 aromatic carbocycles.